The SMILES string of the molecule is CCOCCC1(CNC(=NC)N(C)CCc2cccs2)CCCC1.I. The molecule has 0 bridgehead atoms. The predicted octanol–water partition coefficient (Wildman–Crippen LogP) is 4.40. The molecular weight excluding hydrogens is 445 g/mol. The Morgan fingerprint density at radius 2 is 2.16 bits per heavy atom. The van der Waals surface area contributed by atoms with Crippen molar-refractivity contribution in [3.63, 3.8) is 0 Å². The average molecular weight is 479 g/mol. The number of rotatable bonds is 9. The number of nitrogens with one attached hydrogen (secondary N) is 1. The number of ether oxygens (including phenoxy) is 1. The van der Waals surface area contributed by atoms with Gasteiger partial charge >= 0.3 is 0 Å². The van der Waals surface area contributed by atoms with Gasteiger partial charge in [-0.1, -0.05) is 18.9 Å². The lowest BCUT2D eigenvalue weighted by Crippen LogP contribution is -2.44. The van der Waals surface area contributed by atoms with Gasteiger partial charge in [-0.05, 0) is 49.5 Å². The summed E-state index contributed by atoms with van der Waals surface area (Å²) in [6, 6.07) is 4.32. The summed E-state index contributed by atoms with van der Waals surface area (Å²) in [6.45, 7) is 5.77. The molecule has 0 atom stereocenters. The minimum absolute atomic E-state index is 0. The molecule has 25 heavy (non-hydrogen) atoms. The van der Waals surface area contributed by atoms with Crippen molar-refractivity contribution in [1.29, 1.82) is 0 Å². The van der Waals surface area contributed by atoms with Gasteiger partial charge < -0.3 is 15.0 Å². The third-order valence-corrected chi connectivity index (χ3v) is 6.05. The largest absolute Gasteiger partial charge is 0.382 e. The van der Waals surface area contributed by atoms with Crippen LogP contribution in [0.2, 0.25) is 0 Å². The maximum Gasteiger partial charge on any atom is 0.193 e. The molecule has 0 amide bonds. The fourth-order valence-electron chi connectivity index (χ4n) is 3.56. The number of likely N-dealkylation sites (N-methyl/N-ethyl adjacent to an activating group) is 1. The Bertz CT molecular complexity index is 487. The molecule has 0 saturated heterocycles. The Hall–Kier alpha value is -0.340. The topological polar surface area (TPSA) is 36.9 Å². The zero-order chi connectivity index (χ0) is 17.3. The minimum atomic E-state index is 0. The number of nitrogens with zero attached hydrogens (tertiary/aromatic N) is 2. The van der Waals surface area contributed by atoms with E-state index in [9.17, 15) is 0 Å². The molecule has 144 valence electrons. The summed E-state index contributed by atoms with van der Waals surface area (Å²) in [5, 5.41) is 5.78. The van der Waals surface area contributed by atoms with E-state index >= 15 is 0 Å². The first kappa shape index (κ1) is 22.7. The molecule has 1 heterocycles. The van der Waals surface area contributed by atoms with Gasteiger partial charge in [-0.25, -0.2) is 0 Å². The molecular formula is C19H34IN3OS. The second-order valence-corrected chi connectivity index (χ2v) is 7.84. The van der Waals surface area contributed by atoms with Crippen LogP contribution < -0.4 is 5.32 Å². The summed E-state index contributed by atoms with van der Waals surface area (Å²) in [5.41, 5.74) is 0.389. The molecule has 1 saturated carbocycles. The first-order valence-corrected chi connectivity index (χ1v) is 10.1. The summed E-state index contributed by atoms with van der Waals surface area (Å²) < 4.78 is 5.61. The number of aliphatic imine (C=N–C) groups is 1. The van der Waals surface area contributed by atoms with E-state index in [2.05, 4.69) is 46.7 Å². The average Bonchev–Trinajstić information content (AvgIpc) is 3.26. The third-order valence-electron chi connectivity index (χ3n) is 5.11. The highest BCUT2D eigenvalue weighted by Gasteiger charge is 2.33. The monoisotopic (exact) mass is 479 g/mol. The van der Waals surface area contributed by atoms with Crippen molar-refractivity contribution in [3.8, 4) is 0 Å². The van der Waals surface area contributed by atoms with Gasteiger partial charge in [0, 0.05) is 45.3 Å². The van der Waals surface area contributed by atoms with Gasteiger partial charge in [-0.2, -0.15) is 0 Å². The van der Waals surface area contributed by atoms with Gasteiger partial charge in [0.15, 0.2) is 5.96 Å². The van der Waals surface area contributed by atoms with Crippen LogP contribution in [0.5, 0.6) is 0 Å². The van der Waals surface area contributed by atoms with Crippen molar-refractivity contribution in [1.82, 2.24) is 10.2 Å². The third kappa shape index (κ3) is 7.43. The Morgan fingerprint density at radius 1 is 1.40 bits per heavy atom. The molecule has 1 fully saturated rings. The quantitative estimate of drug-likeness (QED) is 0.247. The van der Waals surface area contributed by atoms with Crippen molar-refractivity contribution < 1.29 is 4.74 Å². The van der Waals surface area contributed by atoms with Crippen LogP contribution in [0.1, 0.15) is 43.9 Å². The number of guanidine groups is 1. The van der Waals surface area contributed by atoms with E-state index in [1.165, 1.54) is 30.6 Å². The smallest absolute Gasteiger partial charge is 0.193 e. The normalized spacial score (nSPS) is 16.5. The molecule has 4 nitrogen and oxygen atoms in total. The van der Waals surface area contributed by atoms with Crippen molar-refractivity contribution >= 4 is 41.3 Å². The van der Waals surface area contributed by atoms with E-state index in [0.29, 0.717) is 5.41 Å². The molecule has 0 aliphatic heterocycles. The molecule has 2 rings (SSSR count). The summed E-state index contributed by atoms with van der Waals surface area (Å²) in [5.74, 6) is 1.01. The maximum atomic E-state index is 5.61. The number of hydrogen-bond acceptors (Lipinski definition) is 3. The first-order chi connectivity index (χ1) is 11.7. The van der Waals surface area contributed by atoms with Gasteiger partial charge in [0.1, 0.15) is 0 Å². The lowest BCUT2D eigenvalue weighted by Gasteiger charge is -2.31. The highest BCUT2D eigenvalue weighted by Crippen LogP contribution is 2.40. The summed E-state index contributed by atoms with van der Waals surface area (Å²) in [6.07, 6.45) is 7.54. The minimum Gasteiger partial charge on any atom is -0.382 e. The Labute approximate surface area is 174 Å². The molecule has 1 aliphatic rings. The number of thiophene rings is 1. The second-order valence-electron chi connectivity index (χ2n) is 6.81. The van der Waals surface area contributed by atoms with Gasteiger partial charge in [-0.15, -0.1) is 35.3 Å². The summed E-state index contributed by atoms with van der Waals surface area (Å²) >= 11 is 1.83. The van der Waals surface area contributed by atoms with E-state index in [4.69, 9.17) is 4.74 Å². The highest BCUT2D eigenvalue weighted by molar-refractivity contribution is 14.0. The lowest BCUT2D eigenvalue weighted by atomic mass is 9.83. The van der Waals surface area contributed by atoms with Gasteiger partial charge in [-0.3, -0.25) is 4.99 Å². The Kier molecular flexibility index (Phi) is 11.0. The van der Waals surface area contributed by atoms with E-state index < -0.39 is 0 Å². The van der Waals surface area contributed by atoms with E-state index in [-0.39, 0.29) is 24.0 Å². The standard InChI is InChI=1S/C19H33N3OS.HI/c1-4-23-14-12-19(10-5-6-11-19)16-21-18(20-2)22(3)13-9-17-8-7-15-24-17;/h7-8,15H,4-6,9-14,16H2,1-3H3,(H,20,21);1H. The molecule has 1 aromatic heterocycles. The molecule has 6 heteroatoms. The van der Waals surface area contributed by atoms with Crippen molar-refractivity contribution in [3.05, 3.63) is 22.4 Å². The fraction of sp³-hybridized carbons (Fsp3) is 0.737. The molecule has 0 unspecified atom stereocenters. The first-order valence-electron chi connectivity index (χ1n) is 9.21. The second kappa shape index (κ2) is 12.1. The van der Waals surface area contributed by atoms with Crippen LogP contribution in [0.3, 0.4) is 0 Å². The predicted molar refractivity (Wildman–Crippen MR) is 119 cm³/mol. The summed E-state index contributed by atoms with van der Waals surface area (Å²) in [7, 11) is 4.01. The van der Waals surface area contributed by atoms with Crippen LogP contribution in [0, 0.1) is 5.41 Å². The fourth-order valence-corrected chi connectivity index (χ4v) is 4.26. The van der Waals surface area contributed by atoms with Crippen LogP contribution in [-0.2, 0) is 11.2 Å². The lowest BCUT2D eigenvalue weighted by molar-refractivity contribution is 0.104. The number of halogens is 1. The zero-order valence-electron chi connectivity index (χ0n) is 15.9. The van der Waals surface area contributed by atoms with Crippen LogP contribution in [-0.4, -0.2) is 51.3 Å². The van der Waals surface area contributed by atoms with Crippen molar-refractivity contribution in [2.24, 2.45) is 10.4 Å². The highest BCUT2D eigenvalue weighted by atomic mass is 127. The van der Waals surface area contributed by atoms with Crippen LogP contribution in [0.4, 0.5) is 0 Å². The molecule has 1 N–H and O–H groups in total. The van der Waals surface area contributed by atoms with Crippen molar-refractivity contribution in [2.45, 2.75) is 45.4 Å². The van der Waals surface area contributed by atoms with E-state index in [1.54, 1.807) is 0 Å². The molecule has 0 radical (unpaired) electrons. The molecule has 1 aliphatic carbocycles. The summed E-state index contributed by atoms with van der Waals surface area (Å²) in [4.78, 5) is 8.15. The van der Waals surface area contributed by atoms with Crippen LogP contribution in [0.15, 0.2) is 22.5 Å². The van der Waals surface area contributed by atoms with E-state index in [0.717, 1.165) is 45.1 Å². The maximum absolute atomic E-state index is 5.61. The van der Waals surface area contributed by atoms with Gasteiger partial charge in [0.25, 0.3) is 0 Å². The number of hydrogen-bond donors (Lipinski definition) is 1. The van der Waals surface area contributed by atoms with Crippen LogP contribution in [0.25, 0.3) is 0 Å². The van der Waals surface area contributed by atoms with Crippen LogP contribution >= 0.6 is 35.3 Å². The zero-order valence-corrected chi connectivity index (χ0v) is 19.1. The Morgan fingerprint density at radius 3 is 2.76 bits per heavy atom. The van der Waals surface area contributed by atoms with E-state index in [1.807, 2.05) is 18.4 Å². The van der Waals surface area contributed by atoms with Crippen molar-refractivity contribution in [2.75, 3.05) is 40.4 Å². The van der Waals surface area contributed by atoms with Gasteiger partial charge in [0.2, 0.25) is 0 Å². The molecule has 0 aromatic carbocycles. The van der Waals surface area contributed by atoms with Gasteiger partial charge in [0.05, 0.1) is 0 Å². The molecule has 1 aromatic rings. The molecule has 0 spiro atoms. The Balaban J connectivity index is 0.00000312.